The second-order valence-corrected chi connectivity index (χ2v) is 14.6. The van der Waals surface area contributed by atoms with Crippen molar-refractivity contribution in [1.82, 2.24) is 23.7 Å². The Kier molecular flexibility index (Phi) is 5.57. The molecule has 5 aromatic heterocycles. The highest BCUT2D eigenvalue weighted by atomic mass is 15.2. The second-order valence-electron chi connectivity index (χ2n) is 14.6. The molecule has 0 aliphatic carbocycles. The van der Waals surface area contributed by atoms with Crippen LogP contribution < -0.4 is 0 Å². The molecule has 0 unspecified atom stereocenters. The summed E-state index contributed by atoms with van der Waals surface area (Å²) >= 11 is 0. The van der Waals surface area contributed by atoms with Crippen molar-refractivity contribution in [1.29, 1.82) is 0 Å². The van der Waals surface area contributed by atoms with Crippen LogP contribution >= 0.6 is 0 Å². The first-order valence-electron chi connectivity index (χ1n) is 18.8. The zero-order valence-corrected chi connectivity index (χ0v) is 29.5. The van der Waals surface area contributed by atoms with Gasteiger partial charge in [0.15, 0.2) is 5.82 Å². The predicted molar refractivity (Wildman–Crippen MR) is 228 cm³/mol. The largest absolute Gasteiger partial charge is 0.309 e. The summed E-state index contributed by atoms with van der Waals surface area (Å²) in [6.07, 6.45) is 0. The van der Waals surface area contributed by atoms with Crippen LogP contribution in [0.1, 0.15) is 0 Å². The maximum absolute atomic E-state index is 5.19. The number of aromatic nitrogens is 5. The molecular weight excluding hydrogens is 671 g/mol. The normalized spacial score (nSPS) is 12.4. The van der Waals surface area contributed by atoms with E-state index >= 15 is 0 Å². The lowest BCUT2D eigenvalue weighted by Crippen LogP contribution is -2.03. The molecule has 13 aromatic rings. The van der Waals surface area contributed by atoms with Gasteiger partial charge in [0, 0.05) is 65.1 Å². The van der Waals surface area contributed by atoms with Gasteiger partial charge in [-0.3, -0.25) is 4.57 Å². The SMILES string of the molecule is c1ccc(-n2c3ccccc3c3cc(-c4nnc(-n5c6ccccc6c6cc7c8ccccc8n8c9ccccc9c(c65)c78)c5ccccc45)ccc32)cc1. The van der Waals surface area contributed by atoms with E-state index < -0.39 is 0 Å². The van der Waals surface area contributed by atoms with Crippen LogP contribution in [0.4, 0.5) is 0 Å². The minimum Gasteiger partial charge on any atom is -0.309 e. The molecule has 5 heterocycles. The van der Waals surface area contributed by atoms with Crippen LogP contribution in [0, 0.1) is 0 Å². The number of fused-ring (bicyclic) bond motifs is 14. The van der Waals surface area contributed by atoms with Crippen molar-refractivity contribution >= 4 is 92.5 Å². The molecular formula is C50H29N5. The van der Waals surface area contributed by atoms with Crippen LogP contribution in [0.5, 0.6) is 0 Å². The van der Waals surface area contributed by atoms with E-state index in [2.05, 4.69) is 189 Å². The lowest BCUT2D eigenvalue weighted by molar-refractivity contribution is 0.978. The molecule has 0 saturated carbocycles. The van der Waals surface area contributed by atoms with Gasteiger partial charge in [0.1, 0.15) is 5.69 Å². The number of nitrogens with zero attached hydrogens (tertiary/aromatic N) is 5. The average Bonchev–Trinajstić information content (AvgIpc) is 3.97. The molecule has 5 heteroatoms. The maximum Gasteiger partial charge on any atom is 0.168 e. The Labute approximate surface area is 313 Å². The second kappa shape index (κ2) is 10.6. The minimum atomic E-state index is 0.829. The lowest BCUT2D eigenvalue weighted by Gasteiger charge is -2.13. The third kappa shape index (κ3) is 3.71. The summed E-state index contributed by atoms with van der Waals surface area (Å²) in [5.41, 5.74) is 11.4. The van der Waals surface area contributed by atoms with Crippen molar-refractivity contribution in [3.63, 3.8) is 0 Å². The van der Waals surface area contributed by atoms with Crippen molar-refractivity contribution in [3.8, 4) is 22.8 Å². The van der Waals surface area contributed by atoms with Gasteiger partial charge < -0.3 is 8.97 Å². The quantitative estimate of drug-likeness (QED) is 0.184. The first-order valence-corrected chi connectivity index (χ1v) is 18.8. The van der Waals surface area contributed by atoms with E-state index in [4.69, 9.17) is 10.2 Å². The molecule has 0 fully saturated rings. The summed E-state index contributed by atoms with van der Waals surface area (Å²) in [6, 6.07) is 63.4. The third-order valence-corrected chi connectivity index (χ3v) is 11.8. The highest BCUT2D eigenvalue weighted by Crippen LogP contribution is 2.47. The number of rotatable bonds is 3. The Morgan fingerprint density at radius 1 is 0.327 bits per heavy atom. The van der Waals surface area contributed by atoms with E-state index in [-0.39, 0.29) is 0 Å². The van der Waals surface area contributed by atoms with Gasteiger partial charge in [-0.2, -0.15) is 0 Å². The molecule has 0 bridgehead atoms. The summed E-state index contributed by atoms with van der Waals surface area (Å²) in [5.74, 6) is 0.829. The zero-order valence-electron chi connectivity index (χ0n) is 29.5. The topological polar surface area (TPSA) is 40.0 Å². The van der Waals surface area contributed by atoms with Crippen LogP contribution in [0.25, 0.3) is 115 Å². The molecule has 0 radical (unpaired) electrons. The highest BCUT2D eigenvalue weighted by molar-refractivity contribution is 6.34. The molecule has 0 saturated heterocycles. The van der Waals surface area contributed by atoms with E-state index in [1.54, 1.807) is 0 Å². The Morgan fingerprint density at radius 3 is 1.60 bits per heavy atom. The van der Waals surface area contributed by atoms with E-state index in [0.717, 1.165) is 50.1 Å². The maximum atomic E-state index is 5.19. The van der Waals surface area contributed by atoms with Gasteiger partial charge in [-0.15, -0.1) is 10.2 Å². The Hall–Kier alpha value is -7.50. The van der Waals surface area contributed by atoms with Gasteiger partial charge >= 0.3 is 0 Å². The van der Waals surface area contributed by atoms with Crippen molar-refractivity contribution in [2.45, 2.75) is 0 Å². The summed E-state index contributed by atoms with van der Waals surface area (Å²) < 4.78 is 7.18. The number of benzene rings is 8. The monoisotopic (exact) mass is 699 g/mol. The molecule has 5 nitrogen and oxygen atoms in total. The van der Waals surface area contributed by atoms with E-state index in [1.165, 1.54) is 65.2 Å². The molecule has 0 aliphatic heterocycles. The Bertz CT molecular complexity index is 3720. The van der Waals surface area contributed by atoms with E-state index in [9.17, 15) is 0 Å². The van der Waals surface area contributed by atoms with Gasteiger partial charge in [0.2, 0.25) is 0 Å². The lowest BCUT2D eigenvalue weighted by atomic mass is 10.0. The highest BCUT2D eigenvalue weighted by Gasteiger charge is 2.26. The van der Waals surface area contributed by atoms with Crippen molar-refractivity contribution in [2.24, 2.45) is 0 Å². The van der Waals surface area contributed by atoms with Crippen LogP contribution in [0.3, 0.4) is 0 Å². The summed E-state index contributed by atoms with van der Waals surface area (Å²) in [4.78, 5) is 0. The summed E-state index contributed by atoms with van der Waals surface area (Å²) in [6.45, 7) is 0. The fourth-order valence-corrected chi connectivity index (χ4v) is 9.62. The first kappa shape index (κ1) is 29.0. The van der Waals surface area contributed by atoms with Gasteiger partial charge in [-0.05, 0) is 54.6 Å². The predicted octanol–water partition coefficient (Wildman–Crippen LogP) is 12.6. The van der Waals surface area contributed by atoms with E-state index in [1.807, 2.05) is 0 Å². The zero-order chi connectivity index (χ0) is 35.8. The van der Waals surface area contributed by atoms with Crippen molar-refractivity contribution < 1.29 is 0 Å². The Balaban J connectivity index is 1.12. The van der Waals surface area contributed by atoms with Crippen molar-refractivity contribution in [3.05, 3.63) is 176 Å². The van der Waals surface area contributed by atoms with Gasteiger partial charge in [0.25, 0.3) is 0 Å². The molecule has 0 atom stereocenters. The van der Waals surface area contributed by atoms with E-state index in [0.29, 0.717) is 0 Å². The molecule has 0 amide bonds. The number of para-hydroxylation sites is 5. The summed E-state index contributed by atoms with van der Waals surface area (Å²) in [5, 5.41) is 22.3. The minimum absolute atomic E-state index is 0.829. The number of hydrogen-bond acceptors (Lipinski definition) is 2. The molecule has 13 rings (SSSR count). The molecule has 0 spiro atoms. The first-order chi connectivity index (χ1) is 27.3. The van der Waals surface area contributed by atoms with Crippen molar-refractivity contribution in [2.75, 3.05) is 0 Å². The molecule has 0 aliphatic rings. The number of hydrogen-bond donors (Lipinski definition) is 0. The fourth-order valence-electron chi connectivity index (χ4n) is 9.62. The fraction of sp³-hybridized carbons (Fsp3) is 0. The molecule has 254 valence electrons. The average molecular weight is 700 g/mol. The molecule has 55 heavy (non-hydrogen) atoms. The molecule has 0 N–H and O–H groups in total. The van der Waals surface area contributed by atoms with Crippen LogP contribution in [0.15, 0.2) is 176 Å². The standard InChI is InChI=1S/C50H29N5/c1-2-14-31(15-3-1)53-41-22-10-6-16-32(41)38-28-30(26-27-45(38)53)47-35-19-4-5-20-36(35)50(52-51-47)55-43-24-12-8-18-34(43)40-29-39-33-17-7-11-23-42(33)54-44-25-13-9-21-37(44)46(48(39)54)49(40)55/h1-29H. The van der Waals surface area contributed by atoms with Crippen LogP contribution in [0.2, 0.25) is 0 Å². The van der Waals surface area contributed by atoms with Crippen LogP contribution in [-0.4, -0.2) is 23.7 Å². The Morgan fingerprint density at radius 2 is 0.855 bits per heavy atom. The third-order valence-electron chi connectivity index (χ3n) is 11.8. The smallest absolute Gasteiger partial charge is 0.168 e. The van der Waals surface area contributed by atoms with Gasteiger partial charge in [-0.1, -0.05) is 121 Å². The molecule has 8 aromatic carbocycles. The van der Waals surface area contributed by atoms with Gasteiger partial charge in [0.05, 0.1) is 38.6 Å². The van der Waals surface area contributed by atoms with Crippen LogP contribution in [-0.2, 0) is 0 Å². The summed E-state index contributed by atoms with van der Waals surface area (Å²) in [7, 11) is 0. The van der Waals surface area contributed by atoms with Gasteiger partial charge in [-0.25, -0.2) is 0 Å².